The Balaban J connectivity index is 1.63. The second-order valence-corrected chi connectivity index (χ2v) is 8.85. The highest BCUT2D eigenvalue weighted by Crippen LogP contribution is 2.26. The molecule has 0 spiro atoms. The molecule has 0 saturated heterocycles. The largest absolute Gasteiger partial charge is 0.325 e. The molecule has 30 heavy (non-hydrogen) atoms. The van der Waals surface area contributed by atoms with Crippen molar-refractivity contribution >= 4 is 45.0 Å². The molecule has 0 radical (unpaired) electrons. The lowest BCUT2D eigenvalue weighted by atomic mass is 10.1. The molecule has 0 aliphatic heterocycles. The Morgan fingerprint density at radius 3 is 2.47 bits per heavy atom. The van der Waals surface area contributed by atoms with E-state index in [9.17, 15) is 9.59 Å². The van der Waals surface area contributed by atoms with E-state index in [1.165, 1.54) is 16.3 Å². The van der Waals surface area contributed by atoms with Crippen LogP contribution in [0.25, 0.3) is 21.7 Å². The first kappa shape index (κ1) is 20.2. The van der Waals surface area contributed by atoms with Gasteiger partial charge in [-0.3, -0.25) is 14.2 Å². The molecular formula is C24H23N3O2S. The highest BCUT2D eigenvalue weighted by molar-refractivity contribution is 8.00. The summed E-state index contributed by atoms with van der Waals surface area (Å²) in [6, 6.07) is 17.6. The fourth-order valence-electron chi connectivity index (χ4n) is 3.44. The Labute approximate surface area is 179 Å². The molecular weight excluding hydrogens is 394 g/mol. The molecule has 5 nitrogen and oxygen atoms in total. The minimum Gasteiger partial charge on any atom is -0.325 e. The summed E-state index contributed by atoms with van der Waals surface area (Å²) in [5, 5.41) is 5.69. The molecule has 6 heteroatoms. The molecule has 0 fully saturated rings. The van der Waals surface area contributed by atoms with Gasteiger partial charge in [-0.05, 0) is 55.3 Å². The zero-order chi connectivity index (χ0) is 21.4. The van der Waals surface area contributed by atoms with Crippen molar-refractivity contribution in [2.75, 3.05) is 5.32 Å². The third-order valence-corrected chi connectivity index (χ3v) is 6.34. The van der Waals surface area contributed by atoms with Crippen LogP contribution in [-0.2, 0) is 11.8 Å². The lowest BCUT2D eigenvalue weighted by Gasteiger charge is -2.15. The molecule has 1 heterocycles. The molecule has 152 valence electrons. The molecule has 0 bridgehead atoms. The van der Waals surface area contributed by atoms with Gasteiger partial charge >= 0.3 is 0 Å². The number of hydrogen-bond donors (Lipinski definition) is 1. The number of hydrogen-bond acceptors (Lipinski definition) is 4. The van der Waals surface area contributed by atoms with Crippen LogP contribution in [0.1, 0.15) is 18.1 Å². The van der Waals surface area contributed by atoms with Gasteiger partial charge in [0.05, 0.1) is 16.2 Å². The molecule has 4 rings (SSSR count). The van der Waals surface area contributed by atoms with Gasteiger partial charge in [0.25, 0.3) is 5.56 Å². The van der Waals surface area contributed by atoms with Gasteiger partial charge in [0, 0.05) is 12.7 Å². The first-order chi connectivity index (χ1) is 14.3. The smallest absolute Gasteiger partial charge is 0.261 e. The van der Waals surface area contributed by atoms with Crippen LogP contribution in [0.3, 0.4) is 0 Å². The van der Waals surface area contributed by atoms with Crippen molar-refractivity contribution in [1.82, 2.24) is 9.55 Å². The number of carbonyl (C=O) groups excluding carboxylic acids is 1. The summed E-state index contributed by atoms with van der Waals surface area (Å²) in [6.07, 6.45) is 0. The summed E-state index contributed by atoms with van der Waals surface area (Å²) >= 11 is 1.28. The van der Waals surface area contributed by atoms with Crippen LogP contribution in [-0.4, -0.2) is 20.7 Å². The summed E-state index contributed by atoms with van der Waals surface area (Å²) in [5.41, 5.74) is 3.49. The molecule has 0 saturated carbocycles. The van der Waals surface area contributed by atoms with Crippen LogP contribution in [0.15, 0.2) is 64.5 Å². The van der Waals surface area contributed by atoms with Crippen LogP contribution >= 0.6 is 11.8 Å². The van der Waals surface area contributed by atoms with Crippen LogP contribution < -0.4 is 10.9 Å². The highest BCUT2D eigenvalue weighted by Gasteiger charge is 2.19. The second kappa shape index (κ2) is 7.95. The lowest BCUT2D eigenvalue weighted by Crippen LogP contribution is -2.25. The third-order valence-electron chi connectivity index (χ3n) is 5.19. The summed E-state index contributed by atoms with van der Waals surface area (Å²) in [6.45, 7) is 5.81. The number of rotatable bonds is 4. The average molecular weight is 418 g/mol. The normalized spacial score (nSPS) is 12.3. The Kier molecular flexibility index (Phi) is 5.35. The van der Waals surface area contributed by atoms with Crippen molar-refractivity contribution in [3.63, 3.8) is 0 Å². The van der Waals surface area contributed by atoms with E-state index < -0.39 is 5.25 Å². The molecule has 0 aliphatic carbocycles. The van der Waals surface area contributed by atoms with Gasteiger partial charge in [0.15, 0.2) is 5.16 Å². The molecule has 0 unspecified atom stereocenters. The molecule has 3 aromatic carbocycles. The highest BCUT2D eigenvalue weighted by atomic mass is 32.2. The zero-order valence-corrected chi connectivity index (χ0v) is 18.2. The van der Waals surface area contributed by atoms with E-state index in [0.29, 0.717) is 16.1 Å². The number of carbonyl (C=O) groups is 1. The number of amides is 1. The molecule has 1 atom stereocenters. The van der Waals surface area contributed by atoms with Gasteiger partial charge in [0.2, 0.25) is 5.91 Å². The van der Waals surface area contributed by atoms with Crippen molar-refractivity contribution in [3.8, 4) is 0 Å². The van der Waals surface area contributed by atoms with E-state index in [1.54, 1.807) is 7.05 Å². The van der Waals surface area contributed by atoms with Gasteiger partial charge in [-0.1, -0.05) is 53.7 Å². The van der Waals surface area contributed by atoms with Crippen molar-refractivity contribution in [1.29, 1.82) is 0 Å². The van der Waals surface area contributed by atoms with Gasteiger partial charge in [-0.2, -0.15) is 0 Å². The van der Waals surface area contributed by atoms with Crippen molar-refractivity contribution in [2.45, 2.75) is 31.2 Å². The van der Waals surface area contributed by atoms with Crippen LogP contribution in [0.2, 0.25) is 0 Å². The predicted molar refractivity (Wildman–Crippen MR) is 124 cm³/mol. The monoisotopic (exact) mass is 417 g/mol. The molecule has 1 N–H and O–H groups in total. The Bertz CT molecular complexity index is 1340. The number of benzene rings is 3. The maximum absolute atomic E-state index is 12.9. The SMILES string of the molecule is Cc1ccc(NC(=O)[C@@H](C)Sc2nc3cc4ccccc4cc3c(=O)n2C)c(C)c1. The van der Waals surface area contributed by atoms with Crippen LogP contribution in [0.5, 0.6) is 0 Å². The van der Waals surface area contributed by atoms with E-state index in [1.807, 2.05) is 75.4 Å². The number of nitrogens with zero attached hydrogens (tertiary/aromatic N) is 2. The first-order valence-corrected chi connectivity index (χ1v) is 10.7. The number of thioether (sulfide) groups is 1. The van der Waals surface area contributed by atoms with Crippen molar-refractivity contribution in [3.05, 3.63) is 76.1 Å². The summed E-state index contributed by atoms with van der Waals surface area (Å²) in [4.78, 5) is 30.4. The van der Waals surface area contributed by atoms with Crippen molar-refractivity contribution < 1.29 is 4.79 Å². The molecule has 0 aliphatic rings. The van der Waals surface area contributed by atoms with Crippen LogP contribution in [0.4, 0.5) is 5.69 Å². The van der Waals surface area contributed by atoms with Crippen molar-refractivity contribution in [2.24, 2.45) is 7.05 Å². The topological polar surface area (TPSA) is 64.0 Å². The second-order valence-electron chi connectivity index (χ2n) is 7.54. The van der Waals surface area contributed by atoms with E-state index in [2.05, 4.69) is 5.32 Å². The predicted octanol–water partition coefficient (Wildman–Crippen LogP) is 4.82. The first-order valence-electron chi connectivity index (χ1n) is 9.78. The minimum atomic E-state index is -0.415. The standard InChI is InChI=1S/C24H23N3O2S/c1-14-9-10-20(15(2)11-14)25-22(28)16(3)30-24-26-21-13-18-8-6-5-7-17(18)12-19(21)23(29)27(24)4/h5-13,16H,1-4H3,(H,25,28)/t16-/m1/s1. The number of anilines is 1. The number of nitrogens with one attached hydrogen (secondary N) is 1. The Morgan fingerprint density at radius 2 is 1.77 bits per heavy atom. The number of fused-ring (bicyclic) bond motifs is 2. The van der Waals surface area contributed by atoms with E-state index in [4.69, 9.17) is 4.98 Å². The van der Waals surface area contributed by atoms with E-state index >= 15 is 0 Å². The Morgan fingerprint density at radius 1 is 1.07 bits per heavy atom. The molecule has 4 aromatic rings. The molecule has 1 aromatic heterocycles. The summed E-state index contributed by atoms with van der Waals surface area (Å²) in [5.74, 6) is -0.125. The average Bonchev–Trinajstić information content (AvgIpc) is 2.72. The lowest BCUT2D eigenvalue weighted by molar-refractivity contribution is -0.115. The third kappa shape index (κ3) is 3.83. The Hall–Kier alpha value is -3.12. The maximum Gasteiger partial charge on any atom is 0.261 e. The zero-order valence-electron chi connectivity index (χ0n) is 17.4. The number of aromatic nitrogens is 2. The number of aryl methyl sites for hydroxylation is 2. The maximum atomic E-state index is 12.9. The quantitative estimate of drug-likeness (QED) is 0.294. The fourth-order valence-corrected chi connectivity index (χ4v) is 4.32. The minimum absolute atomic E-state index is 0.116. The van der Waals surface area contributed by atoms with Gasteiger partial charge in [-0.15, -0.1) is 0 Å². The van der Waals surface area contributed by atoms with Gasteiger partial charge in [0.1, 0.15) is 0 Å². The fraction of sp³-hybridized carbons (Fsp3) is 0.208. The van der Waals surface area contributed by atoms with Crippen LogP contribution in [0, 0.1) is 13.8 Å². The summed E-state index contributed by atoms with van der Waals surface area (Å²) < 4.78 is 1.52. The van der Waals surface area contributed by atoms with E-state index in [-0.39, 0.29) is 11.5 Å². The van der Waals surface area contributed by atoms with Gasteiger partial charge in [-0.25, -0.2) is 4.98 Å². The van der Waals surface area contributed by atoms with Gasteiger partial charge < -0.3 is 5.32 Å². The summed E-state index contributed by atoms with van der Waals surface area (Å²) in [7, 11) is 1.70. The molecule has 1 amide bonds. The van der Waals surface area contributed by atoms with E-state index in [0.717, 1.165) is 27.6 Å².